The van der Waals surface area contributed by atoms with Crippen LogP contribution < -0.4 is 0 Å². The highest BCUT2D eigenvalue weighted by molar-refractivity contribution is 5.78. The topological polar surface area (TPSA) is 34.5 Å². The van der Waals surface area contributed by atoms with Crippen molar-refractivity contribution in [3.63, 3.8) is 0 Å². The number of hydrogen-bond acceptors (Lipinski definition) is 3. The van der Waals surface area contributed by atoms with E-state index in [0.717, 1.165) is 0 Å². The number of pyridine rings is 1. The Kier molecular flexibility index (Phi) is 3.17. The second kappa shape index (κ2) is 4.17. The molecule has 4 heteroatoms. The maximum Gasteiger partial charge on any atom is 0.212 e. The molecule has 0 saturated carbocycles. The fourth-order valence-electron chi connectivity index (χ4n) is 0.709. The van der Waals surface area contributed by atoms with Crippen LogP contribution >= 0.6 is 0 Å². The lowest BCUT2D eigenvalue weighted by Crippen LogP contribution is -2.15. The van der Waals surface area contributed by atoms with E-state index < -0.39 is 5.95 Å². The van der Waals surface area contributed by atoms with E-state index in [2.05, 4.69) is 10.1 Å². The molecule has 76 valence electrons. The minimum atomic E-state index is -0.501. The molecule has 14 heavy (non-hydrogen) atoms. The monoisotopic (exact) mass is 196 g/mol. The molecule has 0 aliphatic rings. The molecular formula is C10H13FN2O. The normalized spacial score (nSPS) is 12.0. The van der Waals surface area contributed by atoms with E-state index in [4.69, 9.17) is 4.84 Å². The molecule has 0 atom stereocenters. The van der Waals surface area contributed by atoms with Gasteiger partial charge in [0.1, 0.15) is 5.60 Å². The molecule has 0 radical (unpaired) electrons. The Hall–Kier alpha value is -1.45. The predicted molar refractivity (Wildman–Crippen MR) is 52.6 cm³/mol. The Balaban J connectivity index is 2.57. The summed E-state index contributed by atoms with van der Waals surface area (Å²) in [6, 6.07) is 2.86. The van der Waals surface area contributed by atoms with Crippen LogP contribution in [-0.2, 0) is 4.84 Å². The summed E-state index contributed by atoms with van der Waals surface area (Å²) in [4.78, 5) is 8.59. The zero-order valence-electron chi connectivity index (χ0n) is 8.49. The molecule has 0 aliphatic heterocycles. The SMILES string of the molecule is CC(C)(C)O/N=C\c1ccc(F)nc1. The van der Waals surface area contributed by atoms with Crippen LogP contribution in [-0.4, -0.2) is 16.8 Å². The fraction of sp³-hybridized carbons (Fsp3) is 0.400. The number of halogens is 1. The summed E-state index contributed by atoms with van der Waals surface area (Å²) in [6.07, 6.45) is 2.89. The van der Waals surface area contributed by atoms with Gasteiger partial charge in [0.05, 0.1) is 6.21 Å². The van der Waals surface area contributed by atoms with Crippen molar-refractivity contribution in [3.8, 4) is 0 Å². The van der Waals surface area contributed by atoms with Crippen molar-refractivity contribution in [2.75, 3.05) is 0 Å². The van der Waals surface area contributed by atoms with Crippen molar-refractivity contribution in [1.29, 1.82) is 0 Å². The highest BCUT2D eigenvalue weighted by Gasteiger charge is 2.09. The third-order valence-electron chi connectivity index (χ3n) is 1.28. The van der Waals surface area contributed by atoms with Gasteiger partial charge in [0, 0.05) is 11.8 Å². The third-order valence-corrected chi connectivity index (χ3v) is 1.28. The van der Waals surface area contributed by atoms with Gasteiger partial charge >= 0.3 is 0 Å². The number of nitrogens with zero attached hydrogens (tertiary/aromatic N) is 2. The zero-order chi connectivity index (χ0) is 10.6. The number of oxime groups is 1. The van der Waals surface area contributed by atoms with Crippen molar-refractivity contribution in [1.82, 2.24) is 4.98 Å². The van der Waals surface area contributed by atoms with E-state index in [0.29, 0.717) is 5.56 Å². The Morgan fingerprint density at radius 2 is 2.14 bits per heavy atom. The van der Waals surface area contributed by atoms with Gasteiger partial charge in [0.25, 0.3) is 0 Å². The summed E-state index contributed by atoms with van der Waals surface area (Å²) in [5, 5.41) is 3.76. The van der Waals surface area contributed by atoms with Crippen molar-refractivity contribution >= 4 is 6.21 Å². The van der Waals surface area contributed by atoms with Crippen LogP contribution in [0.5, 0.6) is 0 Å². The molecular weight excluding hydrogens is 183 g/mol. The molecule has 0 N–H and O–H groups in total. The first kappa shape index (κ1) is 10.6. The van der Waals surface area contributed by atoms with Gasteiger partial charge in [-0.1, -0.05) is 5.16 Å². The van der Waals surface area contributed by atoms with Crippen LogP contribution in [0, 0.1) is 5.95 Å². The van der Waals surface area contributed by atoms with Crippen LogP contribution in [0.4, 0.5) is 4.39 Å². The smallest absolute Gasteiger partial charge is 0.212 e. The van der Waals surface area contributed by atoms with Crippen LogP contribution in [0.15, 0.2) is 23.5 Å². The van der Waals surface area contributed by atoms with Gasteiger partial charge in [-0.05, 0) is 32.9 Å². The lowest BCUT2D eigenvalue weighted by atomic mass is 10.2. The summed E-state index contributed by atoms with van der Waals surface area (Å²) < 4.78 is 12.4. The molecule has 1 rings (SSSR count). The molecule has 0 unspecified atom stereocenters. The zero-order valence-corrected chi connectivity index (χ0v) is 8.49. The van der Waals surface area contributed by atoms with Gasteiger partial charge < -0.3 is 4.84 Å². The van der Waals surface area contributed by atoms with Gasteiger partial charge in [-0.25, -0.2) is 4.98 Å². The molecule has 0 aliphatic carbocycles. The summed E-state index contributed by atoms with van der Waals surface area (Å²) in [5.41, 5.74) is 0.389. The van der Waals surface area contributed by atoms with E-state index >= 15 is 0 Å². The summed E-state index contributed by atoms with van der Waals surface area (Å²) in [5.74, 6) is -0.501. The van der Waals surface area contributed by atoms with E-state index in [1.54, 1.807) is 6.07 Å². The first-order chi connectivity index (χ1) is 6.47. The third kappa shape index (κ3) is 3.98. The van der Waals surface area contributed by atoms with Crippen molar-refractivity contribution in [2.45, 2.75) is 26.4 Å². The maximum absolute atomic E-state index is 12.4. The van der Waals surface area contributed by atoms with Gasteiger partial charge in [0.2, 0.25) is 5.95 Å². The molecule has 0 fully saturated rings. The van der Waals surface area contributed by atoms with Gasteiger partial charge in [0.15, 0.2) is 0 Å². The van der Waals surface area contributed by atoms with E-state index in [9.17, 15) is 4.39 Å². The Labute approximate surface area is 82.6 Å². The molecule has 0 spiro atoms. The van der Waals surface area contributed by atoms with Crippen LogP contribution in [0.3, 0.4) is 0 Å². The summed E-state index contributed by atoms with van der Waals surface area (Å²) in [6.45, 7) is 5.69. The fourth-order valence-corrected chi connectivity index (χ4v) is 0.709. The Morgan fingerprint density at radius 3 is 2.64 bits per heavy atom. The average Bonchev–Trinajstić information content (AvgIpc) is 2.06. The molecule has 0 bridgehead atoms. The first-order valence-electron chi connectivity index (χ1n) is 4.30. The molecule has 1 aromatic heterocycles. The largest absolute Gasteiger partial charge is 0.390 e. The van der Waals surface area contributed by atoms with Gasteiger partial charge in [-0.3, -0.25) is 0 Å². The lowest BCUT2D eigenvalue weighted by molar-refractivity contribution is 0.00199. The quantitative estimate of drug-likeness (QED) is 0.413. The molecule has 1 heterocycles. The summed E-state index contributed by atoms with van der Waals surface area (Å²) >= 11 is 0. The highest BCUT2D eigenvalue weighted by Crippen LogP contribution is 2.06. The molecule has 0 amide bonds. The van der Waals surface area contributed by atoms with Crippen molar-refractivity contribution in [2.24, 2.45) is 5.16 Å². The summed E-state index contributed by atoms with van der Waals surface area (Å²) in [7, 11) is 0. The number of hydrogen-bond donors (Lipinski definition) is 0. The first-order valence-corrected chi connectivity index (χ1v) is 4.30. The average molecular weight is 196 g/mol. The predicted octanol–water partition coefficient (Wildman–Crippen LogP) is 2.37. The molecule has 0 saturated heterocycles. The molecule has 3 nitrogen and oxygen atoms in total. The second-order valence-electron chi connectivity index (χ2n) is 3.85. The van der Waals surface area contributed by atoms with Crippen LogP contribution in [0.2, 0.25) is 0 Å². The van der Waals surface area contributed by atoms with Gasteiger partial charge in [-0.15, -0.1) is 0 Å². The van der Waals surface area contributed by atoms with Crippen molar-refractivity contribution < 1.29 is 9.23 Å². The Bertz CT molecular complexity index is 314. The van der Waals surface area contributed by atoms with E-state index in [-0.39, 0.29) is 5.60 Å². The minimum absolute atomic E-state index is 0.316. The van der Waals surface area contributed by atoms with Crippen LogP contribution in [0.1, 0.15) is 26.3 Å². The standard InChI is InChI=1S/C10H13FN2O/c1-10(2,3)14-13-7-8-4-5-9(11)12-6-8/h4-7H,1-3H3/b13-7-. The van der Waals surface area contributed by atoms with Crippen LogP contribution in [0.25, 0.3) is 0 Å². The van der Waals surface area contributed by atoms with Crippen molar-refractivity contribution in [3.05, 3.63) is 29.8 Å². The van der Waals surface area contributed by atoms with E-state index in [1.807, 2.05) is 20.8 Å². The highest BCUT2D eigenvalue weighted by atomic mass is 19.1. The number of aromatic nitrogens is 1. The van der Waals surface area contributed by atoms with E-state index in [1.165, 1.54) is 18.5 Å². The molecule has 1 aromatic rings. The number of rotatable bonds is 2. The molecule has 0 aromatic carbocycles. The minimum Gasteiger partial charge on any atom is -0.390 e. The Morgan fingerprint density at radius 1 is 1.43 bits per heavy atom. The second-order valence-corrected chi connectivity index (χ2v) is 3.85. The maximum atomic E-state index is 12.4. The lowest BCUT2D eigenvalue weighted by Gasteiger charge is -2.14. The van der Waals surface area contributed by atoms with Gasteiger partial charge in [-0.2, -0.15) is 4.39 Å².